The first-order chi connectivity index (χ1) is 16.9. The zero-order chi connectivity index (χ0) is 28.2. The molecule has 0 saturated heterocycles. The van der Waals surface area contributed by atoms with Gasteiger partial charge in [0.2, 0.25) is 5.91 Å². The second-order valence-electron chi connectivity index (χ2n) is 9.20. The standard InChI is InChI=1S/C21H17F6N3OS.C4H10O/c1-2-32-15-7-8-16-12(9-15)10-29-17(16)18(31)30-14-5-3-13(4-6-14)19(11-28,20(22,23)24)21(25,26)27;1-4(2,3)5/h3-9,17,29H,2,10H2,1H3,(H,30,31);5H,1-3H3. The number of nitriles is 1. The number of benzene rings is 2. The van der Waals surface area contributed by atoms with Gasteiger partial charge in [0.1, 0.15) is 6.04 Å². The molecule has 0 fully saturated rings. The van der Waals surface area contributed by atoms with E-state index in [1.54, 1.807) is 32.5 Å². The topological polar surface area (TPSA) is 85.2 Å². The number of amides is 1. The third-order valence-electron chi connectivity index (χ3n) is 5.10. The van der Waals surface area contributed by atoms with Gasteiger partial charge in [0.05, 0.1) is 11.7 Å². The molecule has 37 heavy (non-hydrogen) atoms. The average Bonchev–Trinajstić information content (AvgIpc) is 3.16. The summed E-state index contributed by atoms with van der Waals surface area (Å²) < 4.78 is 79.6. The van der Waals surface area contributed by atoms with E-state index in [9.17, 15) is 31.1 Å². The van der Waals surface area contributed by atoms with Crippen LogP contribution in [0.25, 0.3) is 0 Å². The third kappa shape index (κ3) is 7.18. The van der Waals surface area contributed by atoms with Crippen LogP contribution in [0.15, 0.2) is 47.4 Å². The SMILES string of the molecule is CC(C)(C)O.CCSc1ccc2c(c1)CNC2C(=O)Nc1ccc(C(C#N)(C(F)(F)F)C(F)(F)F)cc1. The Hall–Kier alpha value is -2.75. The van der Waals surface area contributed by atoms with E-state index in [1.807, 2.05) is 25.1 Å². The second kappa shape index (κ2) is 11.3. The Bertz CT molecular complexity index is 1120. The largest absolute Gasteiger partial charge is 0.420 e. The number of aliphatic hydroxyl groups is 1. The van der Waals surface area contributed by atoms with Crippen LogP contribution >= 0.6 is 11.8 Å². The van der Waals surface area contributed by atoms with Crippen molar-refractivity contribution in [1.29, 1.82) is 5.26 Å². The van der Waals surface area contributed by atoms with Crippen molar-refractivity contribution < 1.29 is 36.2 Å². The molecule has 1 atom stereocenters. The lowest BCUT2D eigenvalue weighted by Crippen LogP contribution is -2.52. The summed E-state index contributed by atoms with van der Waals surface area (Å²) >= 11 is 1.65. The molecule has 0 aromatic heterocycles. The lowest BCUT2D eigenvalue weighted by atomic mass is 9.80. The van der Waals surface area contributed by atoms with Gasteiger partial charge in [-0.05, 0) is 67.5 Å². The fourth-order valence-corrected chi connectivity index (χ4v) is 4.25. The maximum absolute atomic E-state index is 13.3. The van der Waals surface area contributed by atoms with Crippen molar-refractivity contribution in [3.8, 4) is 6.07 Å². The van der Waals surface area contributed by atoms with Crippen molar-refractivity contribution in [1.82, 2.24) is 5.32 Å². The van der Waals surface area contributed by atoms with E-state index in [0.29, 0.717) is 24.7 Å². The molecule has 1 aliphatic rings. The summed E-state index contributed by atoms with van der Waals surface area (Å²) in [5.74, 6) is 0.382. The highest BCUT2D eigenvalue weighted by molar-refractivity contribution is 7.99. The van der Waals surface area contributed by atoms with Gasteiger partial charge in [0, 0.05) is 17.1 Å². The van der Waals surface area contributed by atoms with Crippen molar-refractivity contribution in [3.05, 3.63) is 59.2 Å². The van der Waals surface area contributed by atoms with Gasteiger partial charge in [-0.3, -0.25) is 10.1 Å². The van der Waals surface area contributed by atoms with Gasteiger partial charge in [-0.25, -0.2) is 0 Å². The number of carbonyl (C=O) groups is 1. The Morgan fingerprint density at radius 2 is 1.62 bits per heavy atom. The highest BCUT2D eigenvalue weighted by Crippen LogP contribution is 2.51. The molecular weight excluding hydrogens is 520 g/mol. The highest BCUT2D eigenvalue weighted by atomic mass is 32.2. The van der Waals surface area contributed by atoms with Crippen molar-refractivity contribution in [2.24, 2.45) is 0 Å². The molecule has 0 saturated carbocycles. The predicted octanol–water partition coefficient (Wildman–Crippen LogP) is 6.24. The molecule has 1 heterocycles. The minimum absolute atomic E-state index is 0.00310. The van der Waals surface area contributed by atoms with E-state index in [0.717, 1.165) is 33.9 Å². The van der Waals surface area contributed by atoms with Crippen molar-refractivity contribution in [2.45, 2.75) is 68.5 Å². The summed E-state index contributed by atoms with van der Waals surface area (Å²) in [5.41, 5.74) is -4.75. The number of halogens is 6. The number of rotatable bonds is 5. The van der Waals surface area contributed by atoms with Crippen LogP contribution in [0.1, 0.15) is 50.4 Å². The molecule has 0 radical (unpaired) electrons. The second-order valence-corrected chi connectivity index (χ2v) is 10.5. The van der Waals surface area contributed by atoms with E-state index in [4.69, 9.17) is 10.4 Å². The van der Waals surface area contributed by atoms with Crippen LogP contribution in [0.4, 0.5) is 32.0 Å². The molecule has 1 unspecified atom stereocenters. The molecule has 0 bridgehead atoms. The summed E-state index contributed by atoms with van der Waals surface area (Å²) in [4.78, 5) is 13.7. The average molecular weight is 548 g/mol. The molecule has 1 amide bonds. The number of alkyl halides is 6. The number of nitrogens with one attached hydrogen (secondary N) is 2. The zero-order valence-corrected chi connectivity index (χ0v) is 21.3. The summed E-state index contributed by atoms with van der Waals surface area (Å²) in [6, 6.07) is 8.25. The molecule has 0 spiro atoms. The quantitative estimate of drug-likeness (QED) is 0.305. The van der Waals surface area contributed by atoms with Gasteiger partial charge >= 0.3 is 12.4 Å². The van der Waals surface area contributed by atoms with Crippen molar-refractivity contribution in [2.75, 3.05) is 11.1 Å². The van der Waals surface area contributed by atoms with Gasteiger partial charge in [-0.1, -0.05) is 25.1 Å². The highest BCUT2D eigenvalue weighted by Gasteiger charge is 2.72. The molecular formula is C25H27F6N3O2S. The van der Waals surface area contributed by atoms with Gasteiger partial charge in [-0.15, -0.1) is 11.8 Å². The van der Waals surface area contributed by atoms with Crippen LogP contribution in [-0.2, 0) is 16.8 Å². The van der Waals surface area contributed by atoms with E-state index in [1.165, 1.54) is 0 Å². The van der Waals surface area contributed by atoms with Crippen molar-refractivity contribution >= 4 is 23.4 Å². The first-order valence-corrected chi connectivity index (χ1v) is 12.1. The molecule has 5 nitrogen and oxygen atoms in total. The van der Waals surface area contributed by atoms with Gasteiger partial charge in [0.15, 0.2) is 0 Å². The minimum atomic E-state index is -5.88. The van der Waals surface area contributed by atoms with E-state index >= 15 is 0 Å². The summed E-state index contributed by atoms with van der Waals surface area (Å²) in [7, 11) is 0. The number of carbonyl (C=O) groups excluding carboxylic acids is 1. The Labute approximate surface area is 215 Å². The van der Waals surface area contributed by atoms with Crippen LogP contribution in [0, 0.1) is 11.3 Å². The number of hydrogen-bond donors (Lipinski definition) is 3. The number of thioether (sulfide) groups is 1. The Kier molecular flexibility index (Phi) is 9.33. The minimum Gasteiger partial charge on any atom is -0.391 e. The normalized spacial score (nSPS) is 15.8. The Morgan fingerprint density at radius 1 is 1.08 bits per heavy atom. The maximum atomic E-state index is 13.3. The molecule has 12 heteroatoms. The number of nitrogens with zero attached hydrogens (tertiary/aromatic N) is 1. The van der Waals surface area contributed by atoms with E-state index < -0.39 is 40.9 Å². The van der Waals surface area contributed by atoms with Gasteiger partial charge < -0.3 is 10.4 Å². The lowest BCUT2D eigenvalue weighted by molar-refractivity contribution is -0.283. The molecule has 1 aliphatic heterocycles. The first kappa shape index (κ1) is 30.5. The van der Waals surface area contributed by atoms with Gasteiger partial charge in [-0.2, -0.15) is 31.6 Å². The van der Waals surface area contributed by atoms with Crippen LogP contribution in [-0.4, -0.2) is 34.7 Å². The summed E-state index contributed by atoms with van der Waals surface area (Å²) in [6.45, 7) is 7.70. The molecule has 3 rings (SSSR count). The van der Waals surface area contributed by atoms with Crippen LogP contribution in [0.3, 0.4) is 0 Å². The van der Waals surface area contributed by atoms with Crippen LogP contribution in [0.2, 0.25) is 0 Å². The fourth-order valence-electron chi connectivity index (χ4n) is 3.53. The molecule has 2 aromatic carbocycles. The molecule has 2 aromatic rings. The monoisotopic (exact) mass is 547 g/mol. The number of anilines is 1. The van der Waals surface area contributed by atoms with E-state index in [2.05, 4.69) is 10.6 Å². The summed E-state index contributed by atoms with van der Waals surface area (Å²) in [5, 5.41) is 22.9. The van der Waals surface area contributed by atoms with Crippen LogP contribution < -0.4 is 10.6 Å². The first-order valence-electron chi connectivity index (χ1n) is 11.1. The van der Waals surface area contributed by atoms with Crippen LogP contribution in [0.5, 0.6) is 0 Å². The molecule has 3 N–H and O–H groups in total. The number of hydrogen-bond acceptors (Lipinski definition) is 5. The maximum Gasteiger partial charge on any atom is 0.420 e. The smallest absolute Gasteiger partial charge is 0.391 e. The fraction of sp³-hybridized carbons (Fsp3) is 0.440. The zero-order valence-electron chi connectivity index (χ0n) is 20.5. The third-order valence-corrected chi connectivity index (χ3v) is 5.97. The predicted molar refractivity (Wildman–Crippen MR) is 129 cm³/mol. The van der Waals surface area contributed by atoms with E-state index in [-0.39, 0.29) is 5.69 Å². The Balaban J connectivity index is 0.000000877. The van der Waals surface area contributed by atoms with Gasteiger partial charge in [0.25, 0.3) is 5.41 Å². The molecule has 0 aliphatic carbocycles. The Morgan fingerprint density at radius 3 is 2.08 bits per heavy atom. The lowest BCUT2D eigenvalue weighted by Gasteiger charge is -2.31. The van der Waals surface area contributed by atoms with Crippen molar-refractivity contribution in [3.63, 3.8) is 0 Å². The molecule has 202 valence electrons. The number of fused-ring (bicyclic) bond motifs is 1. The summed E-state index contributed by atoms with van der Waals surface area (Å²) in [6.07, 6.45) is -11.8.